The summed E-state index contributed by atoms with van der Waals surface area (Å²) in [7, 11) is 0. The molecule has 0 saturated heterocycles. The highest BCUT2D eigenvalue weighted by Crippen LogP contribution is 2.32. The van der Waals surface area contributed by atoms with Crippen molar-refractivity contribution in [1.82, 2.24) is 0 Å². The van der Waals surface area contributed by atoms with Crippen LogP contribution in [0.2, 0.25) is 0 Å². The van der Waals surface area contributed by atoms with E-state index in [4.69, 9.17) is 0 Å². The number of carbonyl (C=O) groups is 1. The summed E-state index contributed by atoms with van der Waals surface area (Å²) in [5.41, 5.74) is 0. The minimum absolute atomic E-state index is 0.325. The van der Waals surface area contributed by atoms with Crippen LogP contribution in [0.25, 0.3) is 0 Å². The Morgan fingerprint density at radius 1 is 1.50 bits per heavy atom. The summed E-state index contributed by atoms with van der Waals surface area (Å²) in [6.45, 7) is 0. The third kappa shape index (κ3) is 1.49. The van der Waals surface area contributed by atoms with Gasteiger partial charge in [0.1, 0.15) is 0 Å². The molecule has 0 aromatic carbocycles. The summed E-state index contributed by atoms with van der Waals surface area (Å²) in [6.07, 6.45) is -3.68. The molecule has 0 bridgehead atoms. The van der Waals surface area contributed by atoms with Gasteiger partial charge in [0.2, 0.25) is 0 Å². The maximum Gasteiger partial charge on any atom is 0.251 e. The lowest BCUT2D eigenvalue weighted by Gasteiger charge is -2.22. The van der Waals surface area contributed by atoms with Crippen LogP contribution in [0.15, 0.2) is 0 Å². The van der Waals surface area contributed by atoms with Crippen LogP contribution in [-0.2, 0) is 4.79 Å². The molecule has 4 heteroatoms. The fourth-order valence-corrected chi connectivity index (χ4v) is 0.941. The second-order valence-electron chi connectivity index (χ2n) is 2.49. The third-order valence-electron chi connectivity index (χ3n) is 1.56. The first-order valence-electron chi connectivity index (χ1n) is 3.06. The molecule has 0 amide bonds. The molecule has 1 rings (SSSR count). The Bertz CT molecular complexity index is 155. The van der Waals surface area contributed by atoms with E-state index in [2.05, 4.69) is 0 Å². The molecule has 0 N–H and O–H groups in total. The van der Waals surface area contributed by atoms with Crippen LogP contribution >= 0.6 is 0 Å². The number of rotatable bonds is 0. The lowest BCUT2D eigenvalue weighted by atomic mass is 9.94. The quantitative estimate of drug-likeness (QED) is 0.516. The van der Waals surface area contributed by atoms with Crippen LogP contribution in [0, 0.1) is 0 Å². The molecule has 0 spiro atoms. The predicted molar refractivity (Wildman–Crippen MR) is 28.7 cm³/mol. The summed E-state index contributed by atoms with van der Waals surface area (Å²) < 4.78 is 36.7. The normalized spacial score (nSPS) is 32.3. The number of Topliss-reactive ketones (excluding diaryl/α,β-unsaturated/α-hetero) is 1. The lowest BCUT2D eigenvalue weighted by Crippen LogP contribution is -2.33. The highest BCUT2D eigenvalue weighted by Gasteiger charge is 2.40. The Labute approximate surface area is 56.2 Å². The molecule has 1 aliphatic rings. The molecule has 1 aliphatic carbocycles. The van der Waals surface area contributed by atoms with Gasteiger partial charge in [0.15, 0.2) is 12.0 Å². The first-order chi connectivity index (χ1) is 4.51. The maximum atomic E-state index is 12.2. The first-order valence-corrected chi connectivity index (χ1v) is 3.06. The summed E-state index contributed by atoms with van der Waals surface area (Å²) in [5, 5.41) is 0. The van der Waals surface area contributed by atoms with Crippen molar-refractivity contribution in [2.45, 2.75) is 31.4 Å². The Balaban J connectivity index is 2.57. The molecule has 1 saturated carbocycles. The zero-order chi connectivity index (χ0) is 7.78. The van der Waals surface area contributed by atoms with Crippen molar-refractivity contribution >= 4 is 5.78 Å². The van der Waals surface area contributed by atoms with Gasteiger partial charge in [0, 0.05) is 19.3 Å². The largest absolute Gasteiger partial charge is 0.296 e. The van der Waals surface area contributed by atoms with Crippen molar-refractivity contribution in [2.24, 2.45) is 0 Å². The molecule has 58 valence electrons. The Hall–Kier alpha value is -0.540. The van der Waals surface area contributed by atoms with E-state index in [1.54, 1.807) is 0 Å². The van der Waals surface area contributed by atoms with Gasteiger partial charge in [-0.15, -0.1) is 0 Å². The van der Waals surface area contributed by atoms with Crippen LogP contribution in [0.4, 0.5) is 13.2 Å². The van der Waals surface area contributed by atoms with E-state index in [9.17, 15) is 18.0 Å². The molecule has 1 fully saturated rings. The maximum absolute atomic E-state index is 12.2. The number of hydrogen-bond acceptors (Lipinski definition) is 1. The second-order valence-corrected chi connectivity index (χ2v) is 2.49. The molecule has 1 nitrogen and oxygen atoms in total. The van der Waals surface area contributed by atoms with Crippen LogP contribution in [0.1, 0.15) is 19.3 Å². The minimum Gasteiger partial charge on any atom is -0.296 e. The molecule has 0 aromatic heterocycles. The molecule has 0 aliphatic heterocycles. The van der Waals surface area contributed by atoms with Gasteiger partial charge in [-0.2, -0.15) is 0 Å². The first kappa shape index (κ1) is 7.57. The molecule has 0 heterocycles. The van der Waals surface area contributed by atoms with Crippen molar-refractivity contribution in [3.63, 3.8) is 0 Å². The van der Waals surface area contributed by atoms with E-state index in [0.717, 1.165) is 0 Å². The molecular weight excluding hydrogens is 145 g/mol. The Morgan fingerprint density at radius 2 is 2.10 bits per heavy atom. The third-order valence-corrected chi connectivity index (χ3v) is 1.56. The van der Waals surface area contributed by atoms with Crippen molar-refractivity contribution in [3.8, 4) is 0 Å². The second kappa shape index (κ2) is 2.25. The standard InChI is InChI=1S/C6H7F3O/c7-4-3-6(8,9)2-1-5(4)10/h4H,1-3H2/t4-/m1/s1. The van der Waals surface area contributed by atoms with Crippen LogP contribution in [0.3, 0.4) is 0 Å². The SMILES string of the molecule is O=C1CCC(F)(F)C[C@H]1F. The number of carbonyl (C=O) groups excluding carboxylic acids is 1. The Morgan fingerprint density at radius 3 is 2.50 bits per heavy atom. The van der Waals surface area contributed by atoms with E-state index in [1.807, 2.05) is 0 Å². The molecule has 0 unspecified atom stereocenters. The molecular formula is C6H7F3O. The molecule has 1 atom stereocenters. The minimum atomic E-state index is -2.96. The predicted octanol–water partition coefficient (Wildman–Crippen LogP) is 1.71. The number of alkyl halides is 3. The zero-order valence-electron chi connectivity index (χ0n) is 5.24. The fourth-order valence-electron chi connectivity index (χ4n) is 0.941. The van der Waals surface area contributed by atoms with E-state index in [0.29, 0.717) is 0 Å². The van der Waals surface area contributed by atoms with Gasteiger partial charge in [-0.3, -0.25) is 4.79 Å². The van der Waals surface area contributed by atoms with Gasteiger partial charge in [0.05, 0.1) is 0 Å². The van der Waals surface area contributed by atoms with Crippen LogP contribution in [-0.4, -0.2) is 17.9 Å². The van der Waals surface area contributed by atoms with E-state index in [-0.39, 0.29) is 6.42 Å². The zero-order valence-corrected chi connectivity index (χ0v) is 5.24. The fraction of sp³-hybridized carbons (Fsp3) is 0.833. The van der Waals surface area contributed by atoms with Crippen LogP contribution < -0.4 is 0 Å². The van der Waals surface area contributed by atoms with Crippen molar-refractivity contribution in [2.75, 3.05) is 0 Å². The number of halogens is 3. The number of hydrogen-bond donors (Lipinski definition) is 0. The van der Waals surface area contributed by atoms with Gasteiger partial charge in [-0.05, 0) is 0 Å². The summed E-state index contributed by atoms with van der Waals surface area (Å²) >= 11 is 0. The Kier molecular flexibility index (Phi) is 1.70. The van der Waals surface area contributed by atoms with Crippen molar-refractivity contribution in [1.29, 1.82) is 0 Å². The average Bonchev–Trinajstić information content (AvgIpc) is 1.79. The van der Waals surface area contributed by atoms with Crippen LogP contribution in [0.5, 0.6) is 0 Å². The molecule has 0 aromatic rings. The van der Waals surface area contributed by atoms with Gasteiger partial charge in [-0.1, -0.05) is 0 Å². The lowest BCUT2D eigenvalue weighted by molar-refractivity contribution is -0.136. The van der Waals surface area contributed by atoms with Crippen molar-refractivity contribution in [3.05, 3.63) is 0 Å². The topological polar surface area (TPSA) is 17.1 Å². The van der Waals surface area contributed by atoms with E-state index in [1.165, 1.54) is 0 Å². The van der Waals surface area contributed by atoms with Gasteiger partial charge < -0.3 is 0 Å². The van der Waals surface area contributed by atoms with E-state index >= 15 is 0 Å². The van der Waals surface area contributed by atoms with Gasteiger partial charge >= 0.3 is 0 Å². The highest BCUT2D eigenvalue weighted by atomic mass is 19.3. The van der Waals surface area contributed by atoms with Gasteiger partial charge in [0.25, 0.3) is 5.92 Å². The molecule has 0 radical (unpaired) electrons. The van der Waals surface area contributed by atoms with E-state index < -0.39 is 30.7 Å². The number of ketones is 1. The summed E-state index contributed by atoms with van der Waals surface area (Å²) in [4.78, 5) is 10.4. The summed E-state index contributed by atoms with van der Waals surface area (Å²) in [6, 6.07) is 0. The molecule has 10 heavy (non-hydrogen) atoms. The highest BCUT2D eigenvalue weighted by molar-refractivity contribution is 5.83. The van der Waals surface area contributed by atoms with Gasteiger partial charge in [-0.25, -0.2) is 13.2 Å². The van der Waals surface area contributed by atoms with Crippen molar-refractivity contribution < 1.29 is 18.0 Å². The smallest absolute Gasteiger partial charge is 0.251 e. The average molecular weight is 152 g/mol. The summed E-state index contributed by atoms with van der Waals surface area (Å²) in [5.74, 6) is -3.65. The monoisotopic (exact) mass is 152 g/mol.